The minimum Gasteiger partial charge on any atom is -0.447 e. The van der Waals surface area contributed by atoms with Gasteiger partial charge in [-0.25, -0.2) is 4.79 Å². The van der Waals surface area contributed by atoms with Gasteiger partial charge in [0.15, 0.2) is 2.82 Å². The molecule has 1 amide bonds. The first-order chi connectivity index (χ1) is 12.8. The highest BCUT2D eigenvalue weighted by Crippen LogP contribution is 2.21. The summed E-state index contributed by atoms with van der Waals surface area (Å²) in [6.07, 6.45) is -2.11. The van der Waals surface area contributed by atoms with Crippen LogP contribution in [0.3, 0.4) is 0 Å². The molecule has 112 valence electrons. The first-order valence-electron chi connectivity index (χ1n) is 9.98. The van der Waals surface area contributed by atoms with Crippen molar-refractivity contribution < 1.29 is 19.2 Å². The van der Waals surface area contributed by atoms with Crippen LogP contribution in [-0.2, 0) is 17.5 Å². The monoisotopic (exact) mass is 294 g/mol. The van der Waals surface area contributed by atoms with Gasteiger partial charge < -0.3 is 19.9 Å². The smallest absolute Gasteiger partial charge is 0.407 e. The van der Waals surface area contributed by atoms with Gasteiger partial charge in [0.1, 0.15) is 6.61 Å². The average Bonchev–Trinajstić information content (AvgIpc) is 3.07. The topological polar surface area (TPSA) is 57.4 Å². The average molecular weight is 294 g/mol. The number of hydrogen-bond donors (Lipinski definition) is 2. The summed E-state index contributed by atoms with van der Waals surface area (Å²) in [6, 6.07) is 3.19. The molecule has 0 bridgehead atoms. The Labute approximate surface area is 134 Å². The summed E-state index contributed by atoms with van der Waals surface area (Å²) >= 11 is 0. The van der Waals surface area contributed by atoms with E-state index in [1.54, 1.807) is 18.2 Å². The van der Waals surface area contributed by atoms with Crippen molar-refractivity contribution in [3.05, 3.63) is 35.5 Å². The highest BCUT2D eigenvalue weighted by atomic mass is 16.6. The van der Waals surface area contributed by atoms with Crippen LogP contribution in [0, 0.1) is 0 Å². The van der Waals surface area contributed by atoms with E-state index >= 15 is 0 Å². The van der Waals surface area contributed by atoms with Crippen LogP contribution in [0.5, 0.6) is 0 Å². The zero-order valence-corrected chi connectivity index (χ0v) is 11.9. The maximum Gasteiger partial charge on any atom is 0.407 e. The van der Waals surface area contributed by atoms with E-state index in [4.69, 9.17) is 14.4 Å². The van der Waals surface area contributed by atoms with Crippen LogP contribution in [0.1, 0.15) is 18.0 Å². The highest BCUT2D eigenvalue weighted by molar-refractivity contribution is 5.84. The molecule has 0 aliphatic carbocycles. The number of hydrogen-bond acceptors (Lipinski definition) is 3. The van der Waals surface area contributed by atoms with E-state index in [1.807, 2.05) is 0 Å². The molecule has 1 saturated heterocycles. The van der Waals surface area contributed by atoms with Crippen molar-refractivity contribution in [2.75, 3.05) is 27.2 Å². The largest absolute Gasteiger partial charge is 0.447 e. The third kappa shape index (κ3) is 3.19. The molecule has 1 aromatic carbocycles. The Morgan fingerprint density at radius 2 is 2.43 bits per heavy atom. The lowest BCUT2D eigenvalue weighted by Gasteiger charge is -2.09. The van der Waals surface area contributed by atoms with Crippen molar-refractivity contribution in [3.8, 4) is 0 Å². The zero-order chi connectivity index (χ0) is 21.1. The molecule has 5 nitrogen and oxygen atoms in total. The maximum atomic E-state index is 11.4. The number of nitrogens with one attached hydrogen (secondary N) is 2. The molecule has 3 rings (SSSR count). The van der Waals surface area contributed by atoms with E-state index in [9.17, 15) is 4.79 Å². The number of fused-ring (bicyclic) bond motifs is 1. The number of aryl methyl sites for hydroxylation is 1. The van der Waals surface area contributed by atoms with Crippen molar-refractivity contribution in [2.24, 2.45) is 0 Å². The molecule has 1 aliphatic rings. The summed E-state index contributed by atoms with van der Waals surface area (Å²) in [4.78, 5) is 13.5. The van der Waals surface area contributed by atoms with Crippen LogP contribution in [0.4, 0.5) is 4.79 Å². The van der Waals surface area contributed by atoms with Gasteiger partial charge in [0.2, 0.25) is 0 Å². The molecule has 1 aliphatic heterocycles. The van der Waals surface area contributed by atoms with E-state index in [0.717, 1.165) is 9.88 Å². The van der Waals surface area contributed by atoms with E-state index in [1.165, 1.54) is 20.3 Å². The zero-order valence-electron chi connectivity index (χ0n) is 18.9. The Morgan fingerprint density at radius 1 is 1.57 bits per heavy atom. The van der Waals surface area contributed by atoms with Gasteiger partial charge in [-0.2, -0.15) is 0 Å². The summed E-state index contributed by atoms with van der Waals surface area (Å²) in [5, 5.41) is 0.811. The molecule has 0 saturated carbocycles. The number of ether oxygens (including phenoxy) is 1. The number of amides is 1. The number of nitrogens with zero attached hydrogens (tertiary/aromatic N) is 1. The quantitative estimate of drug-likeness (QED) is 0.886. The van der Waals surface area contributed by atoms with Crippen molar-refractivity contribution in [3.63, 3.8) is 0 Å². The van der Waals surface area contributed by atoms with Crippen molar-refractivity contribution in [1.29, 1.82) is 0 Å². The Kier molecular flexibility index (Phi) is 2.16. The molecule has 2 aromatic rings. The van der Waals surface area contributed by atoms with Crippen molar-refractivity contribution >= 4 is 17.0 Å². The number of aromatic amines is 1. The normalized spacial score (nSPS) is 28.4. The van der Waals surface area contributed by atoms with Gasteiger partial charge in [0.05, 0.1) is 7.39 Å². The molecule has 2 heterocycles. The van der Waals surface area contributed by atoms with E-state index in [0.29, 0.717) is 21.8 Å². The lowest BCUT2D eigenvalue weighted by atomic mass is 10.0. The van der Waals surface area contributed by atoms with E-state index in [2.05, 4.69) is 0 Å². The SMILES string of the molecule is [2H]N1C(=O)OC[C@@]1([2H])Cc1ccc2c(c1)c(C([2H])([2H])C([2H])([2H])N(C)C)cn2[2H]. The van der Waals surface area contributed by atoms with Gasteiger partial charge >= 0.3 is 6.09 Å². The third-order valence-corrected chi connectivity index (χ3v) is 3.12. The standard InChI is InChI=1S/C16H21N3O2/c1-19(2)6-5-12-9-17-15-4-3-11(8-14(12)15)7-13-10-21-16(20)18-13/h3-4,8-9,13,17H,5-7,10H2,1-2H3,(H,18,20)/t13-/m1/s1/i5D2,6D2,13D/hD2. The van der Waals surface area contributed by atoms with Gasteiger partial charge in [-0.3, -0.25) is 0 Å². The van der Waals surface area contributed by atoms with Crippen LogP contribution in [0.2, 0.25) is 2.82 Å². The lowest BCUT2D eigenvalue weighted by molar-refractivity contribution is 0.177. The number of H-pyrrole nitrogens is 1. The molecule has 1 atom stereocenters. The summed E-state index contributed by atoms with van der Waals surface area (Å²) in [5.74, 6) is 0. The molecule has 0 radical (unpaired) electrons. The van der Waals surface area contributed by atoms with Crippen molar-refractivity contribution in [2.45, 2.75) is 18.8 Å². The number of cyclic esters (lactones) is 1. The number of carbonyl (C=O) groups is 1. The molecular formula is C16H21N3O2. The number of benzene rings is 1. The van der Waals surface area contributed by atoms with Gasteiger partial charge in [-0.1, -0.05) is 6.07 Å². The van der Waals surface area contributed by atoms with Gasteiger partial charge in [-0.05, 0) is 50.1 Å². The van der Waals surface area contributed by atoms with Crippen LogP contribution >= 0.6 is 0 Å². The van der Waals surface area contributed by atoms with Crippen LogP contribution < -0.4 is 5.31 Å². The molecule has 0 unspecified atom stereocenters. The molecule has 2 N–H and O–H groups in total. The van der Waals surface area contributed by atoms with Gasteiger partial charge in [0.25, 0.3) is 0 Å². The van der Waals surface area contributed by atoms with Crippen LogP contribution in [0.25, 0.3) is 10.9 Å². The fourth-order valence-electron chi connectivity index (χ4n) is 2.16. The fraction of sp³-hybridized carbons (Fsp3) is 0.438. The minimum absolute atomic E-state index is 0.0126. The second kappa shape index (κ2) is 5.77. The number of aromatic nitrogens is 1. The Hall–Kier alpha value is -2.01. The van der Waals surface area contributed by atoms with Crippen LogP contribution in [0.15, 0.2) is 24.4 Å². The molecular weight excluding hydrogens is 266 g/mol. The number of likely N-dealkylation sites (N-methyl/N-ethyl adjacent to an activating group) is 1. The van der Waals surface area contributed by atoms with Gasteiger partial charge in [-0.15, -0.1) is 0 Å². The highest BCUT2D eigenvalue weighted by Gasteiger charge is 2.22. The number of carbonyl (C=O) groups excluding carboxylic acids is 1. The fourth-order valence-corrected chi connectivity index (χ4v) is 2.16. The Morgan fingerprint density at radius 3 is 3.14 bits per heavy atom. The maximum absolute atomic E-state index is 11.4. The number of rotatable bonds is 5. The molecule has 1 aromatic heterocycles. The molecule has 5 heteroatoms. The molecule has 1 fully saturated rings. The lowest BCUT2D eigenvalue weighted by Crippen LogP contribution is -2.28. The predicted octanol–water partition coefficient (Wildman–Crippen LogP) is 1.92. The second-order valence-electron chi connectivity index (χ2n) is 5.06. The molecule has 0 spiro atoms. The van der Waals surface area contributed by atoms with E-state index < -0.39 is 25.0 Å². The Bertz CT molecular complexity index is 930. The Balaban J connectivity index is 2.07. The summed E-state index contributed by atoms with van der Waals surface area (Å²) < 4.78 is 61.9. The number of alkyl carbamates (subject to hydrolysis) is 1. The molecule has 21 heavy (non-hydrogen) atoms. The third-order valence-electron chi connectivity index (χ3n) is 3.12. The first-order valence-corrected chi connectivity index (χ1v) is 6.58. The van der Waals surface area contributed by atoms with Crippen LogP contribution in [-0.4, -0.2) is 49.2 Å². The first kappa shape index (κ1) is 7.84. The van der Waals surface area contributed by atoms with E-state index in [-0.39, 0.29) is 18.6 Å². The minimum atomic E-state index is -2.42. The predicted molar refractivity (Wildman–Crippen MR) is 82.5 cm³/mol. The second-order valence-corrected chi connectivity index (χ2v) is 5.06. The van der Waals surface area contributed by atoms with Gasteiger partial charge in [0, 0.05) is 29.1 Å². The summed E-state index contributed by atoms with van der Waals surface area (Å²) in [5.41, 5.74) is 0.947. The summed E-state index contributed by atoms with van der Waals surface area (Å²) in [7, 11) is 2.87. The summed E-state index contributed by atoms with van der Waals surface area (Å²) in [6.45, 7) is -2.60. The van der Waals surface area contributed by atoms with Crippen molar-refractivity contribution in [1.82, 2.24) is 15.2 Å².